The number of nitrogens with zero attached hydrogens (tertiary/aromatic N) is 3. The Bertz CT molecular complexity index is 1120. The van der Waals surface area contributed by atoms with Crippen LogP contribution in [-0.2, 0) is 10.0 Å². The maximum atomic E-state index is 12.6. The van der Waals surface area contributed by atoms with Gasteiger partial charge in [0.15, 0.2) is 0 Å². The second-order valence-corrected chi connectivity index (χ2v) is 9.98. The van der Waals surface area contributed by atoms with Crippen molar-refractivity contribution in [2.75, 3.05) is 44.2 Å². The Kier molecular flexibility index (Phi) is 8.73. The number of para-hydroxylation sites is 1. The molecule has 1 aliphatic rings. The molecule has 0 aliphatic carbocycles. The highest BCUT2D eigenvalue weighted by molar-refractivity contribution is 7.89. The van der Waals surface area contributed by atoms with Gasteiger partial charge in [0.05, 0.1) is 5.52 Å². The Labute approximate surface area is 201 Å². The normalized spacial score (nSPS) is 15.0. The zero-order valence-electron chi connectivity index (χ0n) is 17.8. The van der Waals surface area contributed by atoms with Gasteiger partial charge in [-0.3, -0.25) is 9.88 Å². The predicted octanol–water partition coefficient (Wildman–Crippen LogP) is 4.19. The highest BCUT2D eigenvalue weighted by atomic mass is 35.5. The number of halogens is 2. The van der Waals surface area contributed by atoms with E-state index in [9.17, 15) is 8.42 Å². The molecular weight excluding hydrogens is 467 g/mol. The van der Waals surface area contributed by atoms with Gasteiger partial charge >= 0.3 is 0 Å². The molecule has 172 valence electrons. The smallest absolute Gasteiger partial charge is 0.242 e. The van der Waals surface area contributed by atoms with Crippen LogP contribution in [-0.4, -0.2) is 57.6 Å². The maximum Gasteiger partial charge on any atom is 0.242 e. The SMILES string of the molecule is Cl.O=S(=O)(NCCCCN1CCN(c2ccc(Cl)cc2)CC1)c1cnc2ccccc2c1. The Morgan fingerprint density at radius 1 is 0.969 bits per heavy atom. The van der Waals surface area contributed by atoms with E-state index in [1.165, 1.54) is 11.9 Å². The fraction of sp³-hybridized carbons (Fsp3) is 0.348. The molecule has 1 saturated heterocycles. The topological polar surface area (TPSA) is 65.5 Å². The van der Waals surface area contributed by atoms with E-state index < -0.39 is 10.0 Å². The molecule has 0 unspecified atom stereocenters. The molecule has 1 aliphatic heterocycles. The summed E-state index contributed by atoms with van der Waals surface area (Å²) in [5, 5.41) is 1.58. The molecule has 1 fully saturated rings. The summed E-state index contributed by atoms with van der Waals surface area (Å²) in [5.41, 5.74) is 2.00. The first-order chi connectivity index (χ1) is 15.0. The molecular formula is C23H28Cl2N4O2S. The average molecular weight is 495 g/mol. The van der Waals surface area contributed by atoms with Gasteiger partial charge < -0.3 is 4.90 Å². The van der Waals surface area contributed by atoms with Crippen molar-refractivity contribution in [3.63, 3.8) is 0 Å². The maximum absolute atomic E-state index is 12.6. The van der Waals surface area contributed by atoms with Crippen molar-refractivity contribution in [2.45, 2.75) is 17.7 Å². The molecule has 0 amide bonds. The van der Waals surface area contributed by atoms with Crippen LogP contribution in [0.3, 0.4) is 0 Å². The fourth-order valence-corrected chi connectivity index (χ4v) is 5.01. The van der Waals surface area contributed by atoms with E-state index >= 15 is 0 Å². The first-order valence-electron chi connectivity index (χ1n) is 10.6. The first kappa shape index (κ1) is 24.7. The van der Waals surface area contributed by atoms with Crippen molar-refractivity contribution in [2.24, 2.45) is 0 Å². The van der Waals surface area contributed by atoms with E-state index in [1.54, 1.807) is 6.07 Å². The minimum Gasteiger partial charge on any atom is -0.369 e. The molecule has 4 rings (SSSR count). The molecule has 6 nitrogen and oxygen atoms in total. The van der Waals surface area contributed by atoms with Gasteiger partial charge in [0.25, 0.3) is 0 Å². The van der Waals surface area contributed by atoms with Crippen LogP contribution in [0.4, 0.5) is 5.69 Å². The van der Waals surface area contributed by atoms with Gasteiger partial charge in [-0.05, 0) is 55.8 Å². The highest BCUT2D eigenvalue weighted by Crippen LogP contribution is 2.20. The van der Waals surface area contributed by atoms with E-state index in [0.29, 0.717) is 6.54 Å². The van der Waals surface area contributed by atoms with Crippen molar-refractivity contribution in [3.8, 4) is 0 Å². The van der Waals surface area contributed by atoms with E-state index in [4.69, 9.17) is 11.6 Å². The monoisotopic (exact) mass is 494 g/mol. The molecule has 0 spiro atoms. The number of fused-ring (bicyclic) bond motifs is 1. The van der Waals surface area contributed by atoms with Crippen molar-refractivity contribution in [1.29, 1.82) is 0 Å². The summed E-state index contributed by atoms with van der Waals surface area (Å²) in [6.07, 6.45) is 3.18. The van der Waals surface area contributed by atoms with Crippen LogP contribution in [0.15, 0.2) is 65.7 Å². The first-order valence-corrected chi connectivity index (χ1v) is 12.4. The van der Waals surface area contributed by atoms with Crippen molar-refractivity contribution in [1.82, 2.24) is 14.6 Å². The number of aromatic nitrogens is 1. The van der Waals surface area contributed by atoms with E-state index in [-0.39, 0.29) is 17.3 Å². The quantitative estimate of drug-likeness (QED) is 0.475. The zero-order chi connectivity index (χ0) is 21.7. The Balaban J connectivity index is 0.00000289. The molecule has 0 atom stereocenters. The summed E-state index contributed by atoms with van der Waals surface area (Å²) in [6.45, 7) is 5.41. The number of sulfonamides is 1. The third-order valence-corrected chi connectivity index (χ3v) is 7.31. The van der Waals surface area contributed by atoms with E-state index in [2.05, 4.69) is 31.6 Å². The van der Waals surface area contributed by atoms with Crippen molar-refractivity contribution in [3.05, 3.63) is 65.8 Å². The van der Waals surface area contributed by atoms with Crippen LogP contribution in [0.2, 0.25) is 5.02 Å². The van der Waals surface area contributed by atoms with Crippen molar-refractivity contribution < 1.29 is 8.42 Å². The van der Waals surface area contributed by atoms with Crippen molar-refractivity contribution >= 4 is 50.6 Å². The molecule has 2 aromatic carbocycles. The number of pyridine rings is 1. The summed E-state index contributed by atoms with van der Waals surface area (Å²) >= 11 is 5.97. The molecule has 0 radical (unpaired) electrons. The average Bonchev–Trinajstić information content (AvgIpc) is 2.79. The molecule has 3 aromatic rings. The number of piperazine rings is 1. The van der Waals surface area contributed by atoms with Gasteiger partial charge in [0.2, 0.25) is 10.0 Å². The standard InChI is InChI=1S/C23H27ClN4O2S.ClH/c24-20-7-9-21(10-8-20)28-15-13-27(14-16-28)12-4-3-11-26-31(29,30)22-17-19-5-1-2-6-23(19)25-18-22;/h1-2,5-10,17-18,26H,3-4,11-16H2;1H. The molecule has 1 N–H and O–H groups in total. The van der Waals surface area contributed by atoms with Crippen LogP contribution >= 0.6 is 24.0 Å². The fourth-order valence-electron chi connectivity index (χ4n) is 3.83. The van der Waals surface area contributed by atoms with Crippen LogP contribution < -0.4 is 9.62 Å². The lowest BCUT2D eigenvalue weighted by Crippen LogP contribution is -2.46. The van der Waals surface area contributed by atoms with Crippen LogP contribution in [0.1, 0.15) is 12.8 Å². The minimum atomic E-state index is -3.54. The number of anilines is 1. The molecule has 0 saturated carbocycles. The van der Waals surface area contributed by atoms with Crippen LogP contribution in [0, 0.1) is 0 Å². The summed E-state index contributed by atoms with van der Waals surface area (Å²) in [4.78, 5) is 9.27. The highest BCUT2D eigenvalue weighted by Gasteiger charge is 2.17. The number of hydrogen-bond donors (Lipinski definition) is 1. The zero-order valence-corrected chi connectivity index (χ0v) is 20.2. The summed E-state index contributed by atoms with van der Waals surface area (Å²) in [6, 6.07) is 17.2. The van der Waals surface area contributed by atoms with Crippen LogP contribution in [0.25, 0.3) is 10.9 Å². The minimum absolute atomic E-state index is 0. The predicted molar refractivity (Wildman–Crippen MR) is 134 cm³/mol. The third kappa shape index (κ3) is 6.33. The second kappa shape index (κ2) is 11.3. The van der Waals surface area contributed by atoms with Gasteiger partial charge in [0.1, 0.15) is 4.90 Å². The summed E-state index contributed by atoms with van der Waals surface area (Å²) in [7, 11) is -3.54. The van der Waals surface area contributed by atoms with E-state index in [0.717, 1.165) is 61.5 Å². The van der Waals surface area contributed by atoms with Gasteiger partial charge in [0, 0.05) is 55.0 Å². The number of benzene rings is 2. The lowest BCUT2D eigenvalue weighted by atomic mass is 10.2. The summed E-state index contributed by atoms with van der Waals surface area (Å²) < 4.78 is 27.8. The number of rotatable bonds is 8. The molecule has 0 bridgehead atoms. The number of unbranched alkanes of at least 4 members (excludes halogenated alkanes) is 1. The molecule has 1 aromatic heterocycles. The molecule has 9 heteroatoms. The lowest BCUT2D eigenvalue weighted by molar-refractivity contribution is 0.253. The summed E-state index contributed by atoms with van der Waals surface area (Å²) in [5.74, 6) is 0. The van der Waals surface area contributed by atoms with Gasteiger partial charge in [-0.2, -0.15) is 0 Å². The molecule has 2 heterocycles. The number of nitrogens with one attached hydrogen (secondary N) is 1. The lowest BCUT2D eigenvalue weighted by Gasteiger charge is -2.36. The number of hydrogen-bond acceptors (Lipinski definition) is 5. The Morgan fingerprint density at radius 3 is 2.44 bits per heavy atom. The van der Waals surface area contributed by atoms with Gasteiger partial charge in [-0.1, -0.05) is 29.8 Å². The van der Waals surface area contributed by atoms with E-state index in [1.807, 2.05) is 36.4 Å². The van der Waals surface area contributed by atoms with Gasteiger partial charge in [-0.25, -0.2) is 13.1 Å². The second-order valence-electron chi connectivity index (χ2n) is 7.77. The third-order valence-electron chi connectivity index (χ3n) is 5.63. The van der Waals surface area contributed by atoms with Gasteiger partial charge in [-0.15, -0.1) is 12.4 Å². The van der Waals surface area contributed by atoms with Crippen LogP contribution in [0.5, 0.6) is 0 Å². The Morgan fingerprint density at radius 2 is 1.69 bits per heavy atom. The Hall–Kier alpha value is -1.90. The molecule has 32 heavy (non-hydrogen) atoms. The largest absolute Gasteiger partial charge is 0.369 e.